The zero-order chi connectivity index (χ0) is 14.1. The molecule has 1 aromatic carbocycles. The number of aromatic nitrogens is 3. The Kier molecular flexibility index (Phi) is 2.90. The monoisotopic (exact) mass is 271 g/mol. The van der Waals surface area contributed by atoms with Crippen LogP contribution in [0.1, 0.15) is 6.92 Å². The molecule has 6 nitrogen and oxygen atoms in total. The summed E-state index contributed by atoms with van der Waals surface area (Å²) in [5.74, 6) is 0.982. The number of nitrogens with zero attached hydrogens (tertiary/aromatic N) is 2. The van der Waals surface area contributed by atoms with E-state index >= 15 is 0 Å². The van der Waals surface area contributed by atoms with Crippen molar-refractivity contribution < 1.29 is 14.9 Å². The van der Waals surface area contributed by atoms with Crippen molar-refractivity contribution in [3.63, 3.8) is 0 Å². The Morgan fingerprint density at radius 3 is 2.55 bits per heavy atom. The van der Waals surface area contributed by atoms with E-state index in [1.807, 2.05) is 13.0 Å². The Morgan fingerprint density at radius 1 is 1.10 bits per heavy atom. The molecule has 0 amide bonds. The lowest BCUT2D eigenvalue weighted by Gasteiger charge is -1.99. The number of nitrogens with one attached hydrogen (secondary N) is 1. The molecule has 0 saturated heterocycles. The van der Waals surface area contributed by atoms with E-state index in [2.05, 4.69) is 15.0 Å². The standard InChI is InChI=1S/C14H13N3O3/c1-2-20-12-4-3-11-14(16-12)17-13(15-11)8-5-9(18)7-10(19)6-8/h3-7,18-19H,2H2,1H3,(H,15,16,17). The quantitative estimate of drug-likeness (QED) is 0.680. The van der Waals surface area contributed by atoms with Crippen LogP contribution < -0.4 is 4.74 Å². The van der Waals surface area contributed by atoms with Gasteiger partial charge in [0.1, 0.15) is 17.3 Å². The molecule has 20 heavy (non-hydrogen) atoms. The van der Waals surface area contributed by atoms with Crippen LogP contribution in [-0.2, 0) is 0 Å². The summed E-state index contributed by atoms with van der Waals surface area (Å²) < 4.78 is 5.32. The lowest BCUT2D eigenvalue weighted by Crippen LogP contribution is -1.93. The number of rotatable bonds is 3. The third-order valence-corrected chi connectivity index (χ3v) is 2.79. The van der Waals surface area contributed by atoms with Crippen molar-refractivity contribution in [2.24, 2.45) is 0 Å². The van der Waals surface area contributed by atoms with E-state index in [1.54, 1.807) is 6.07 Å². The van der Waals surface area contributed by atoms with Crippen molar-refractivity contribution in [3.05, 3.63) is 30.3 Å². The van der Waals surface area contributed by atoms with Crippen LogP contribution in [0.5, 0.6) is 17.4 Å². The molecule has 3 N–H and O–H groups in total. The van der Waals surface area contributed by atoms with Gasteiger partial charge in [0.15, 0.2) is 5.65 Å². The average Bonchev–Trinajstić information content (AvgIpc) is 2.81. The molecule has 102 valence electrons. The lowest BCUT2D eigenvalue weighted by molar-refractivity contribution is 0.328. The number of H-pyrrole nitrogens is 1. The number of benzene rings is 1. The fourth-order valence-corrected chi connectivity index (χ4v) is 1.97. The van der Waals surface area contributed by atoms with Gasteiger partial charge in [-0.2, -0.15) is 4.98 Å². The van der Waals surface area contributed by atoms with Gasteiger partial charge >= 0.3 is 0 Å². The highest BCUT2D eigenvalue weighted by Crippen LogP contribution is 2.28. The van der Waals surface area contributed by atoms with Crippen molar-refractivity contribution >= 4 is 11.2 Å². The number of aromatic hydroxyl groups is 2. The van der Waals surface area contributed by atoms with E-state index in [9.17, 15) is 10.2 Å². The van der Waals surface area contributed by atoms with Crippen LogP contribution in [0.15, 0.2) is 30.3 Å². The maximum Gasteiger partial charge on any atom is 0.215 e. The minimum absolute atomic E-state index is 0.0246. The number of phenolic OH excluding ortho intramolecular Hbond substituents is 2. The smallest absolute Gasteiger partial charge is 0.215 e. The predicted octanol–water partition coefficient (Wildman–Crippen LogP) is 2.43. The van der Waals surface area contributed by atoms with Crippen molar-refractivity contribution in [3.8, 4) is 28.8 Å². The highest BCUT2D eigenvalue weighted by molar-refractivity contribution is 5.77. The maximum atomic E-state index is 9.51. The van der Waals surface area contributed by atoms with E-state index in [0.29, 0.717) is 29.5 Å². The zero-order valence-electron chi connectivity index (χ0n) is 10.8. The number of fused-ring (bicyclic) bond motifs is 1. The molecule has 0 aliphatic heterocycles. The van der Waals surface area contributed by atoms with Crippen molar-refractivity contribution in [2.45, 2.75) is 6.92 Å². The fraction of sp³-hybridized carbons (Fsp3) is 0.143. The second kappa shape index (κ2) is 4.73. The zero-order valence-corrected chi connectivity index (χ0v) is 10.8. The van der Waals surface area contributed by atoms with E-state index < -0.39 is 0 Å². The summed E-state index contributed by atoms with van der Waals surface area (Å²) in [6.07, 6.45) is 0. The second-order valence-corrected chi connectivity index (χ2v) is 4.28. The third-order valence-electron chi connectivity index (χ3n) is 2.79. The van der Waals surface area contributed by atoms with Crippen LogP contribution >= 0.6 is 0 Å². The van der Waals surface area contributed by atoms with E-state index in [0.717, 1.165) is 5.52 Å². The molecule has 3 aromatic rings. The number of pyridine rings is 1. The summed E-state index contributed by atoms with van der Waals surface area (Å²) in [7, 11) is 0. The molecule has 0 fully saturated rings. The number of phenols is 2. The summed E-state index contributed by atoms with van der Waals surface area (Å²) in [5, 5.41) is 19.0. The average molecular weight is 271 g/mol. The van der Waals surface area contributed by atoms with Crippen LogP contribution in [0.2, 0.25) is 0 Å². The van der Waals surface area contributed by atoms with E-state index in [1.165, 1.54) is 18.2 Å². The molecular weight excluding hydrogens is 258 g/mol. The van der Waals surface area contributed by atoms with Gasteiger partial charge in [0.05, 0.1) is 12.1 Å². The summed E-state index contributed by atoms with van der Waals surface area (Å²) in [6, 6.07) is 7.87. The van der Waals surface area contributed by atoms with E-state index in [-0.39, 0.29) is 11.5 Å². The SMILES string of the molecule is CCOc1ccc2[nH]c(-c3cc(O)cc(O)c3)nc2n1. The Hall–Kier alpha value is -2.76. The second-order valence-electron chi connectivity index (χ2n) is 4.28. The minimum Gasteiger partial charge on any atom is -0.508 e. The maximum absolute atomic E-state index is 9.51. The van der Waals surface area contributed by atoms with Crippen LogP contribution in [0, 0.1) is 0 Å². The van der Waals surface area contributed by atoms with E-state index in [4.69, 9.17) is 4.74 Å². The molecular formula is C14H13N3O3. The molecule has 0 aliphatic carbocycles. The van der Waals surface area contributed by atoms with Crippen LogP contribution in [0.25, 0.3) is 22.6 Å². The highest BCUT2D eigenvalue weighted by Gasteiger charge is 2.09. The normalized spacial score (nSPS) is 10.8. The molecule has 2 heterocycles. The van der Waals surface area contributed by atoms with Crippen LogP contribution in [-0.4, -0.2) is 31.8 Å². The van der Waals surface area contributed by atoms with Gasteiger partial charge in [-0.1, -0.05) is 0 Å². The van der Waals surface area contributed by atoms with Gasteiger partial charge < -0.3 is 19.9 Å². The molecule has 3 rings (SSSR count). The Balaban J connectivity index is 2.08. The number of hydrogen-bond acceptors (Lipinski definition) is 5. The molecule has 0 atom stereocenters. The number of aromatic amines is 1. The van der Waals surface area contributed by atoms with Gasteiger partial charge in [0.25, 0.3) is 0 Å². The topological polar surface area (TPSA) is 91.3 Å². The number of ether oxygens (including phenoxy) is 1. The largest absolute Gasteiger partial charge is 0.508 e. The Morgan fingerprint density at radius 2 is 1.85 bits per heavy atom. The lowest BCUT2D eigenvalue weighted by atomic mass is 10.2. The van der Waals surface area contributed by atoms with Crippen molar-refractivity contribution in [1.29, 1.82) is 0 Å². The molecule has 0 aliphatic rings. The minimum atomic E-state index is -0.0246. The summed E-state index contributed by atoms with van der Waals surface area (Å²) >= 11 is 0. The fourth-order valence-electron chi connectivity index (χ4n) is 1.97. The van der Waals surface area contributed by atoms with Gasteiger partial charge in [-0.3, -0.25) is 0 Å². The first-order valence-corrected chi connectivity index (χ1v) is 6.18. The molecule has 0 bridgehead atoms. The Bertz CT molecular complexity index is 747. The first-order valence-electron chi connectivity index (χ1n) is 6.18. The van der Waals surface area contributed by atoms with Gasteiger partial charge in [0.2, 0.25) is 5.88 Å². The summed E-state index contributed by atoms with van der Waals surface area (Å²) in [5.41, 5.74) is 1.86. The van der Waals surface area contributed by atoms with Crippen molar-refractivity contribution in [2.75, 3.05) is 6.61 Å². The van der Waals surface area contributed by atoms with Gasteiger partial charge in [-0.05, 0) is 25.1 Å². The molecule has 0 radical (unpaired) electrons. The first-order chi connectivity index (χ1) is 9.65. The first kappa shape index (κ1) is 12.3. The van der Waals surface area contributed by atoms with Crippen molar-refractivity contribution in [1.82, 2.24) is 15.0 Å². The number of hydrogen-bond donors (Lipinski definition) is 3. The molecule has 0 spiro atoms. The van der Waals surface area contributed by atoms with Gasteiger partial charge in [-0.15, -0.1) is 0 Å². The van der Waals surface area contributed by atoms with Crippen LogP contribution in [0.4, 0.5) is 0 Å². The Labute approximate surface area is 114 Å². The van der Waals surface area contributed by atoms with Gasteiger partial charge in [0, 0.05) is 17.7 Å². The van der Waals surface area contributed by atoms with Crippen LogP contribution in [0.3, 0.4) is 0 Å². The highest BCUT2D eigenvalue weighted by atomic mass is 16.5. The van der Waals surface area contributed by atoms with Gasteiger partial charge in [-0.25, -0.2) is 4.98 Å². The summed E-state index contributed by atoms with van der Waals surface area (Å²) in [6.45, 7) is 2.42. The predicted molar refractivity (Wildman–Crippen MR) is 73.8 cm³/mol. The molecule has 6 heteroatoms. The number of imidazole rings is 1. The molecule has 0 unspecified atom stereocenters. The third kappa shape index (κ3) is 2.23. The summed E-state index contributed by atoms with van der Waals surface area (Å²) in [4.78, 5) is 11.7. The molecule has 2 aromatic heterocycles. The molecule has 0 saturated carbocycles.